The van der Waals surface area contributed by atoms with Crippen molar-refractivity contribution in [3.63, 3.8) is 0 Å². The van der Waals surface area contributed by atoms with E-state index in [2.05, 4.69) is 41.5 Å². The minimum atomic E-state index is -0.354. The Morgan fingerprint density at radius 2 is 1.81 bits per heavy atom. The molecule has 0 aliphatic heterocycles. The van der Waals surface area contributed by atoms with Crippen molar-refractivity contribution in [3.05, 3.63) is 0 Å². The van der Waals surface area contributed by atoms with E-state index in [0.717, 1.165) is 30.1 Å². The number of methoxy groups -OCH3 is 1. The predicted octanol–water partition coefficient (Wildman–Crippen LogP) is 7.08. The van der Waals surface area contributed by atoms with Crippen LogP contribution in [0.1, 0.15) is 106 Å². The van der Waals surface area contributed by atoms with Crippen LogP contribution in [0.2, 0.25) is 0 Å². The first kappa shape index (κ1) is 24.8. The van der Waals surface area contributed by atoms with Crippen molar-refractivity contribution in [2.24, 2.45) is 52.3 Å². The molecule has 0 radical (unpaired) electrons. The Labute approximate surface area is 191 Å². The Kier molecular flexibility index (Phi) is 7.64. The second-order valence-corrected chi connectivity index (χ2v) is 12.4. The van der Waals surface area contributed by atoms with Crippen LogP contribution in [0.4, 0.5) is 0 Å². The molecule has 5 unspecified atom stereocenters. The Bertz CT molecular complexity index is 655. The summed E-state index contributed by atoms with van der Waals surface area (Å²) in [6.07, 6.45) is 10.9. The van der Waals surface area contributed by atoms with Gasteiger partial charge in [-0.05, 0) is 78.9 Å². The van der Waals surface area contributed by atoms with Gasteiger partial charge in [0.05, 0.1) is 7.11 Å². The fourth-order valence-electron chi connectivity index (χ4n) is 8.41. The maximum absolute atomic E-state index is 13.2. The van der Waals surface area contributed by atoms with Gasteiger partial charge in [0.2, 0.25) is 0 Å². The molecule has 3 saturated carbocycles. The van der Waals surface area contributed by atoms with Gasteiger partial charge < -0.3 is 4.74 Å². The minimum Gasteiger partial charge on any atom is -0.469 e. The predicted molar refractivity (Wildman–Crippen MR) is 127 cm³/mol. The number of carbonyl (C=O) groups is 2. The molecule has 178 valence electrons. The first-order valence-corrected chi connectivity index (χ1v) is 13.1. The van der Waals surface area contributed by atoms with Crippen LogP contribution in [0.25, 0.3) is 0 Å². The van der Waals surface area contributed by atoms with E-state index < -0.39 is 0 Å². The summed E-state index contributed by atoms with van der Waals surface area (Å²) in [5.41, 5.74) is 0.0734. The third-order valence-corrected chi connectivity index (χ3v) is 10.2. The van der Waals surface area contributed by atoms with Crippen molar-refractivity contribution < 1.29 is 14.3 Å². The molecule has 0 saturated heterocycles. The van der Waals surface area contributed by atoms with Gasteiger partial charge in [0, 0.05) is 18.3 Å². The monoisotopic (exact) mass is 432 g/mol. The number of rotatable bonds is 8. The van der Waals surface area contributed by atoms with Crippen molar-refractivity contribution in [1.82, 2.24) is 0 Å². The zero-order valence-electron chi connectivity index (χ0n) is 21.3. The SMILES string of the molecule is COC(=O)CC[C@@]1(C)C(=O)C[C@H](C)C2C3CCC(C(C)CCCC(C)C)[C@@]3(C)CCC21. The molecule has 3 heteroatoms. The quantitative estimate of drug-likeness (QED) is 0.385. The smallest absolute Gasteiger partial charge is 0.305 e. The first-order valence-electron chi connectivity index (χ1n) is 13.1. The summed E-state index contributed by atoms with van der Waals surface area (Å²) in [7, 11) is 1.45. The Morgan fingerprint density at radius 3 is 2.45 bits per heavy atom. The average molecular weight is 433 g/mol. The van der Waals surface area contributed by atoms with Crippen LogP contribution in [0, 0.1) is 52.3 Å². The molecule has 0 N–H and O–H groups in total. The topological polar surface area (TPSA) is 43.4 Å². The average Bonchev–Trinajstić information content (AvgIpc) is 3.06. The zero-order valence-corrected chi connectivity index (χ0v) is 21.3. The second-order valence-electron chi connectivity index (χ2n) is 12.4. The van der Waals surface area contributed by atoms with Crippen molar-refractivity contribution in [2.75, 3.05) is 7.11 Å². The number of ether oxygens (including phenoxy) is 1. The Morgan fingerprint density at radius 1 is 1.10 bits per heavy atom. The van der Waals surface area contributed by atoms with Crippen molar-refractivity contribution in [2.45, 2.75) is 106 Å². The second kappa shape index (κ2) is 9.56. The number of ketones is 1. The highest BCUT2D eigenvalue weighted by molar-refractivity contribution is 5.86. The molecule has 0 spiro atoms. The summed E-state index contributed by atoms with van der Waals surface area (Å²) in [5, 5.41) is 0. The van der Waals surface area contributed by atoms with Crippen LogP contribution in [-0.4, -0.2) is 18.9 Å². The van der Waals surface area contributed by atoms with Gasteiger partial charge in [-0.1, -0.05) is 60.8 Å². The third-order valence-electron chi connectivity index (χ3n) is 10.2. The van der Waals surface area contributed by atoms with Crippen LogP contribution in [-0.2, 0) is 14.3 Å². The van der Waals surface area contributed by atoms with Gasteiger partial charge in [-0.2, -0.15) is 0 Å². The van der Waals surface area contributed by atoms with Gasteiger partial charge in [-0.15, -0.1) is 0 Å². The standard InChI is InChI=1S/C28H48O3/c1-18(2)9-8-10-19(3)21-11-12-22-26-20(4)17-24(29)28(6,16-14-25(30)31-7)23(26)13-15-27(21,22)5/h18-23,26H,8-17H2,1-7H3/t19?,20-,21?,22?,23?,26?,27+,28+/m0/s1. The lowest BCUT2D eigenvalue weighted by Crippen LogP contribution is -2.55. The number of Topliss-reactive ketones (excluding diaryl/α,β-unsaturated/α-hetero) is 1. The molecule has 0 heterocycles. The Balaban J connectivity index is 1.77. The first-order chi connectivity index (χ1) is 14.5. The highest BCUT2D eigenvalue weighted by Gasteiger charge is 2.61. The number of fused-ring (bicyclic) bond motifs is 3. The zero-order chi connectivity index (χ0) is 23.0. The van der Waals surface area contributed by atoms with Crippen LogP contribution < -0.4 is 0 Å². The molecular weight excluding hydrogens is 384 g/mol. The summed E-state index contributed by atoms with van der Waals surface area (Å²) < 4.78 is 4.90. The lowest BCUT2D eigenvalue weighted by molar-refractivity contribution is -0.155. The molecule has 31 heavy (non-hydrogen) atoms. The van der Waals surface area contributed by atoms with Gasteiger partial charge in [-0.3, -0.25) is 9.59 Å². The molecule has 3 aliphatic carbocycles. The fraction of sp³-hybridized carbons (Fsp3) is 0.929. The molecule has 0 aromatic rings. The number of hydrogen-bond acceptors (Lipinski definition) is 3. The summed E-state index contributed by atoms with van der Waals surface area (Å²) >= 11 is 0. The van der Waals surface area contributed by atoms with Crippen molar-refractivity contribution in [3.8, 4) is 0 Å². The number of carbonyl (C=O) groups excluding carboxylic acids is 2. The van der Waals surface area contributed by atoms with E-state index in [-0.39, 0.29) is 11.4 Å². The van der Waals surface area contributed by atoms with Crippen LogP contribution in [0.3, 0.4) is 0 Å². The molecule has 3 aliphatic rings. The van der Waals surface area contributed by atoms with Gasteiger partial charge in [0.25, 0.3) is 0 Å². The molecule has 0 aromatic carbocycles. The molecule has 0 bridgehead atoms. The minimum absolute atomic E-state index is 0.180. The van der Waals surface area contributed by atoms with E-state index in [0.29, 0.717) is 48.2 Å². The van der Waals surface area contributed by atoms with Crippen molar-refractivity contribution in [1.29, 1.82) is 0 Å². The van der Waals surface area contributed by atoms with Crippen LogP contribution in [0.15, 0.2) is 0 Å². The fourth-order valence-corrected chi connectivity index (χ4v) is 8.41. The number of hydrogen-bond donors (Lipinski definition) is 0. The van der Waals surface area contributed by atoms with E-state index >= 15 is 0 Å². The summed E-state index contributed by atoms with van der Waals surface area (Å²) in [6.45, 7) is 14.3. The van der Waals surface area contributed by atoms with E-state index in [9.17, 15) is 9.59 Å². The Hall–Kier alpha value is -0.860. The molecule has 3 nitrogen and oxygen atoms in total. The maximum atomic E-state index is 13.2. The summed E-state index contributed by atoms with van der Waals surface area (Å²) in [4.78, 5) is 25.1. The summed E-state index contributed by atoms with van der Waals surface area (Å²) in [6, 6.07) is 0. The molecule has 3 fully saturated rings. The van der Waals surface area contributed by atoms with E-state index in [1.165, 1.54) is 45.6 Å². The molecule has 0 aromatic heterocycles. The molecule has 0 amide bonds. The van der Waals surface area contributed by atoms with E-state index in [1.807, 2.05) is 0 Å². The van der Waals surface area contributed by atoms with Crippen LogP contribution in [0.5, 0.6) is 0 Å². The number of esters is 1. The van der Waals surface area contributed by atoms with Gasteiger partial charge in [0.1, 0.15) is 5.78 Å². The third kappa shape index (κ3) is 4.62. The van der Waals surface area contributed by atoms with Crippen molar-refractivity contribution >= 4 is 11.8 Å². The van der Waals surface area contributed by atoms with E-state index in [1.54, 1.807) is 0 Å². The maximum Gasteiger partial charge on any atom is 0.305 e. The lowest BCUT2D eigenvalue weighted by atomic mass is 9.45. The summed E-state index contributed by atoms with van der Waals surface area (Å²) in [5.74, 6) is 4.93. The highest BCUT2D eigenvalue weighted by atomic mass is 16.5. The van der Waals surface area contributed by atoms with Gasteiger partial charge in [0.15, 0.2) is 0 Å². The van der Waals surface area contributed by atoms with Gasteiger partial charge in [-0.25, -0.2) is 0 Å². The highest BCUT2D eigenvalue weighted by Crippen LogP contribution is 2.66. The molecule has 3 rings (SSSR count). The van der Waals surface area contributed by atoms with Crippen LogP contribution >= 0.6 is 0 Å². The largest absolute Gasteiger partial charge is 0.469 e. The lowest BCUT2D eigenvalue weighted by Gasteiger charge is -2.58. The molecule has 8 atom stereocenters. The normalized spacial score (nSPS) is 41.0. The molecular formula is C28H48O3. The van der Waals surface area contributed by atoms with Gasteiger partial charge >= 0.3 is 5.97 Å². The van der Waals surface area contributed by atoms with E-state index in [4.69, 9.17) is 4.74 Å².